The molecule has 0 fully saturated rings. The van der Waals surface area contributed by atoms with Crippen LogP contribution >= 0.6 is 15.9 Å². The van der Waals surface area contributed by atoms with Crippen molar-refractivity contribution < 1.29 is 18.7 Å². The van der Waals surface area contributed by atoms with Crippen LogP contribution in [0.25, 0.3) is 0 Å². The van der Waals surface area contributed by atoms with Crippen LogP contribution in [0.2, 0.25) is 0 Å². The molecule has 2 aromatic carbocycles. The first-order valence-electron chi connectivity index (χ1n) is 7.58. The van der Waals surface area contributed by atoms with E-state index >= 15 is 0 Å². The second kappa shape index (κ2) is 9.27. The molecule has 0 heterocycles. The molecule has 0 aliphatic rings. The Morgan fingerprint density at radius 2 is 2.04 bits per heavy atom. The summed E-state index contributed by atoms with van der Waals surface area (Å²) < 4.78 is 24.9. The number of hydrogen-bond acceptors (Lipinski definition) is 3. The lowest BCUT2D eigenvalue weighted by molar-refractivity contribution is -0.123. The zero-order chi connectivity index (χ0) is 17.4. The predicted molar refractivity (Wildman–Crippen MR) is 93.9 cm³/mol. The van der Waals surface area contributed by atoms with Gasteiger partial charge in [0, 0.05) is 11.0 Å². The molecule has 0 unspecified atom stereocenters. The van der Waals surface area contributed by atoms with Crippen molar-refractivity contribution in [3.05, 3.63) is 58.3 Å². The Bertz CT molecular complexity index is 694. The van der Waals surface area contributed by atoms with Crippen molar-refractivity contribution in [3.8, 4) is 11.5 Å². The maximum atomic E-state index is 13.5. The molecule has 1 N–H and O–H groups in total. The first-order chi connectivity index (χ1) is 11.5. The summed E-state index contributed by atoms with van der Waals surface area (Å²) in [6.45, 7) is 2.75. The molecule has 0 aliphatic heterocycles. The minimum atomic E-state index is -0.510. The summed E-state index contributed by atoms with van der Waals surface area (Å²) in [5.74, 6) is 0.0584. The third kappa shape index (κ3) is 6.20. The second-order valence-corrected chi connectivity index (χ2v) is 6.15. The maximum Gasteiger partial charge on any atom is 0.257 e. The van der Waals surface area contributed by atoms with Gasteiger partial charge in [-0.05, 0) is 49.2 Å². The van der Waals surface area contributed by atoms with E-state index in [2.05, 4.69) is 21.2 Å². The number of benzene rings is 2. The van der Waals surface area contributed by atoms with Crippen molar-refractivity contribution in [2.75, 3.05) is 19.8 Å². The Morgan fingerprint density at radius 3 is 2.79 bits per heavy atom. The van der Waals surface area contributed by atoms with Crippen LogP contribution < -0.4 is 14.8 Å². The number of carbonyl (C=O) groups is 1. The van der Waals surface area contributed by atoms with Crippen LogP contribution in [0.5, 0.6) is 11.5 Å². The van der Waals surface area contributed by atoms with Crippen molar-refractivity contribution in [3.63, 3.8) is 0 Å². The van der Waals surface area contributed by atoms with E-state index in [1.165, 1.54) is 12.1 Å². The molecule has 0 aliphatic carbocycles. The number of carbonyl (C=O) groups excluding carboxylic acids is 1. The Morgan fingerprint density at radius 1 is 1.21 bits per heavy atom. The predicted octanol–water partition coefficient (Wildman–Crippen LogP) is 3.86. The lowest BCUT2D eigenvalue weighted by atomic mass is 10.2. The van der Waals surface area contributed by atoms with Gasteiger partial charge in [-0.1, -0.05) is 28.1 Å². The maximum absolute atomic E-state index is 13.5. The molecule has 0 atom stereocenters. The van der Waals surface area contributed by atoms with Gasteiger partial charge in [-0.15, -0.1) is 0 Å². The molecule has 0 spiro atoms. The SMILES string of the molecule is Cc1cccc(OCCCNC(=O)COc2ccc(Br)cc2F)c1. The van der Waals surface area contributed by atoms with Gasteiger partial charge in [-0.2, -0.15) is 0 Å². The van der Waals surface area contributed by atoms with E-state index in [1.807, 2.05) is 31.2 Å². The molecule has 0 aromatic heterocycles. The highest BCUT2D eigenvalue weighted by atomic mass is 79.9. The van der Waals surface area contributed by atoms with Crippen molar-refractivity contribution in [1.29, 1.82) is 0 Å². The summed E-state index contributed by atoms with van der Waals surface area (Å²) in [6, 6.07) is 12.2. The van der Waals surface area contributed by atoms with Crippen molar-refractivity contribution in [1.82, 2.24) is 5.32 Å². The quantitative estimate of drug-likeness (QED) is 0.690. The van der Waals surface area contributed by atoms with E-state index in [4.69, 9.17) is 9.47 Å². The van der Waals surface area contributed by atoms with E-state index in [-0.39, 0.29) is 18.3 Å². The normalized spacial score (nSPS) is 10.3. The van der Waals surface area contributed by atoms with Crippen LogP contribution in [0.4, 0.5) is 4.39 Å². The summed E-state index contributed by atoms with van der Waals surface area (Å²) in [7, 11) is 0. The van der Waals surface area contributed by atoms with Crippen LogP contribution in [0.1, 0.15) is 12.0 Å². The van der Waals surface area contributed by atoms with Crippen LogP contribution in [0, 0.1) is 12.7 Å². The average molecular weight is 396 g/mol. The highest BCUT2D eigenvalue weighted by Crippen LogP contribution is 2.21. The molecule has 0 saturated heterocycles. The minimum Gasteiger partial charge on any atom is -0.494 e. The summed E-state index contributed by atoms with van der Waals surface area (Å²) in [4.78, 5) is 11.7. The van der Waals surface area contributed by atoms with Crippen LogP contribution in [-0.2, 0) is 4.79 Å². The number of rotatable bonds is 8. The topological polar surface area (TPSA) is 47.6 Å². The second-order valence-electron chi connectivity index (χ2n) is 5.23. The van der Waals surface area contributed by atoms with Crippen LogP contribution in [0.3, 0.4) is 0 Å². The van der Waals surface area contributed by atoms with Crippen LogP contribution in [-0.4, -0.2) is 25.7 Å². The molecule has 0 radical (unpaired) electrons. The molecule has 2 rings (SSSR count). The molecule has 128 valence electrons. The molecular weight excluding hydrogens is 377 g/mol. The zero-order valence-corrected chi connectivity index (χ0v) is 14.9. The van der Waals surface area contributed by atoms with Crippen molar-refractivity contribution >= 4 is 21.8 Å². The molecule has 0 saturated carbocycles. The highest BCUT2D eigenvalue weighted by Gasteiger charge is 2.07. The first kappa shape index (κ1) is 18.3. The van der Waals surface area contributed by atoms with E-state index in [0.29, 0.717) is 24.0 Å². The molecule has 2 aromatic rings. The van der Waals surface area contributed by atoms with E-state index in [0.717, 1.165) is 11.3 Å². The van der Waals surface area contributed by atoms with Gasteiger partial charge in [0.2, 0.25) is 0 Å². The smallest absolute Gasteiger partial charge is 0.257 e. The zero-order valence-electron chi connectivity index (χ0n) is 13.4. The summed E-state index contributed by atoms with van der Waals surface area (Å²) in [5.41, 5.74) is 1.14. The fraction of sp³-hybridized carbons (Fsp3) is 0.278. The molecule has 6 heteroatoms. The fourth-order valence-corrected chi connectivity index (χ4v) is 2.31. The molecular formula is C18H19BrFNO3. The van der Waals surface area contributed by atoms with E-state index in [1.54, 1.807) is 6.07 Å². The Kier molecular flexibility index (Phi) is 7.06. The third-order valence-electron chi connectivity index (χ3n) is 3.15. The number of nitrogens with one attached hydrogen (secondary N) is 1. The lowest BCUT2D eigenvalue weighted by Gasteiger charge is -2.09. The van der Waals surface area contributed by atoms with Gasteiger partial charge in [-0.3, -0.25) is 4.79 Å². The highest BCUT2D eigenvalue weighted by molar-refractivity contribution is 9.10. The van der Waals surface area contributed by atoms with Gasteiger partial charge < -0.3 is 14.8 Å². The molecule has 1 amide bonds. The Labute approximate surface area is 149 Å². The monoisotopic (exact) mass is 395 g/mol. The molecule has 0 bridgehead atoms. The Hall–Kier alpha value is -2.08. The Balaban J connectivity index is 1.61. The van der Waals surface area contributed by atoms with Crippen LogP contribution in [0.15, 0.2) is 46.9 Å². The summed E-state index contributed by atoms with van der Waals surface area (Å²) >= 11 is 3.16. The summed E-state index contributed by atoms with van der Waals surface area (Å²) in [5, 5.41) is 2.71. The number of halogens is 2. The standard InChI is InChI=1S/C18H19BrFNO3/c1-13-4-2-5-15(10-13)23-9-3-8-21-18(22)12-24-17-7-6-14(19)11-16(17)20/h2,4-7,10-11H,3,8-9,12H2,1H3,(H,21,22). The number of ether oxygens (including phenoxy) is 2. The molecule has 24 heavy (non-hydrogen) atoms. The summed E-state index contributed by atoms with van der Waals surface area (Å²) in [6.07, 6.45) is 0.673. The minimum absolute atomic E-state index is 0.0520. The largest absolute Gasteiger partial charge is 0.494 e. The number of amides is 1. The first-order valence-corrected chi connectivity index (χ1v) is 8.38. The van der Waals surface area contributed by atoms with Gasteiger partial charge in [0.25, 0.3) is 5.91 Å². The van der Waals surface area contributed by atoms with E-state index < -0.39 is 5.82 Å². The number of aryl methyl sites for hydroxylation is 1. The fourth-order valence-electron chi connectivity index (χ4n) is 1.98. The lowest BCUT2D eigenvalue weighted by Crippen LogP contribution is -2.30. The van der Waals surface area contributed by atoms with E-state index in [9.17, 15) is 9.18 Å². The number of hydrogen-bond donors (Lipinski definition) is 1. The van der Waals surface area contributed by atoms with Gasteiger partial charge in [0.05, 0.1) is 6.61 Å². The van der Waals surface area contributed by atoms with Gasteiger partial charge in [0.1, 0.15) is 5.75 Å². The van der Waals surface area contributed by atoms with Gasteiger partial charge in [0.15, 0.2) is 18.2 Å². The average Bonchev–Trinajstić information content (AvgIpc) is 2.54. The van der Waals surface area contributed by atoms with Crippen molar-refractivity contribution in [2.24, 2.45) is 0 Å². The van der Waals surface area contributed by atoms with Gasteiger partial charge >= 0.3 is 0 Å². The third-order valence-corrected chi connectivity index (χ3v) is 3.65. The van der Waals surface area contributed by atoms with Crippen molar-refractivity contribution in [2.45, 2.75) is 13.3 Å². The van der Waals surface area contributed by atoms with Gasteiger partial charge in [-0.25, -0.2) is 4.39 Å². The molecule has 4 nitrogen and oxygen atoms in total.